The van der Waals surface area contributed by atoms with Gasteiger partial charge in [0.2, 0.25) is 0 Å². The zero-order valence-corrected chi connectivity index (χ0v) is 11.6. The minimum atomic E-state index is -0.124. The average molecular weight is 279 g/mol. The number of hydrogen-bond donors (Lipinski definition) is 0. The highest BCUT2D eigenvalue weighted by Gasteiger charge is 2.04. The highest BCUT2D eigenvalue weighted by Crippen LogP contribution is 2.25. The van der Waals surface area contributed by atoms with Crippen molar-refractivity contribution in [3.05, 3.63) is 21.3 Å². The Morgan fingerprint density at radius 3 is 3.00 bits per heavy atom. The Morgan fingerprint density at radius 1 is 1.56 bits per heavy atom. The lowest BCUT2D eigenvalue weighted by Crippen LogP contribution is -2.08. The van der Waals surface area contributed by atoms with Crippen molar-refractivity contribution < 1.29 is 9.53 Å². The van der Waals surface area contributed by atoms with Gasteiger partial charge in [0, 0.05) is 10.6 Å². The number of hydrogen-bond acceptors (Lipinski definition) is 4. The van der Waals surface area contributed by atoms with Crippen molar-refractivity contribution in [3.63, 3.8) is 0 Å². The normalized spacial score (nSPS) is 10.4. The van der Waals surface area contributed by atoms with Gasteiger partial charge < -0.3 is 4.74 Å². The van der Waals surface area contributed by atoms with E-state index in [-0.39, 0.29) is 5.97 Å². The van der Waals surface area contributed by atoms with Gasteiger partial charge >= 0.3 is 5.97 Å². The van der Waals surface area contributed by atoms with E-state index in [0.29, 0.717) is 12.4 Å². The standard InChI is InChI=1S/C11H15ClO2S2/c1-2-3-6-14-11(13)8-15-7-9-4-5-10(12)16-9/h4-5H,2-3,6-8H2,1H3. The number of ether oxygens (including phenoxy) is 1. The van der Waals surface area contributed by atoms with E-state index >= 15 is 0 Å². The lowest BCUT2D eigenvalue weighted by Gasteiger charge is -2.02. The molecule has 0 saturated carbocycles. The molecule has 0 bridgehead atoms. The van der Waals surface area contributed by atoms with Gasteiger partial charge in [0.15, 0.2) is 0 Å². The molecule has 5 heteroatoms. The third kappa shape index (κ3) is 5.77. The fourth-order valence-corrected chi connectivity index (χ4v) is 3.05. The van der Waals surface area contributed by atoms with Crippen LogP contribution in [-0.4, -0.2) is 18.3 Å². The molecule has 0 aromatic carbocycles. The van der Waals surface area contributed by atoms with E-state index in [1.807, 2.05) is 12.1 Å². The van der Waals surface area contributed by atoms with Crippen LogP contribution in [0.2, 0.25) is 4.34 Å². The maximum atomic E-state index is 11.2. The van der Waals surface area contributed by atoms with Gasteiger partial charge in [-0.25, -0.2) is 0 Å². The van der Waals surface area contributed by atoms with Crippen LogP contribution in [0.15, 0.2) is 12.1 Å². The van der Waals surface area contributed by atoms with Crippen molar-refractivity contribution >= 4 is 40.7 Å². The fraction of sp³-hybridized carbons (Fsp3) is 0.545. The van der Waals surface area contributed by atoms with Gasteiger partial charge in [0.05, 0.1) is 16.7 Å². The Morgan fingerprint density at radius 2 is 2.38 bits per heavy atom. The molecule has 90 valence electrons. The molecule has 0 aliphatic heterocycles. The lowest BCUT2D eigenvalue weighted by atomic mass is 10.4. The summed E-state index contributed by atoms with van der Waals surface area (Å²) < 4.78 is 5.84. The van der Waals surface area contributed by atoms with Crippen molar-refractivity contribution in [2.45, 2.75) is 25.5 Å². The second-order valence-corrected chi connectivity index (χ2v) is 6.06. The van der Waals surface area contributed by atoms with Gasteiger partial charge in [-0.2, -0.15) is 0 Å². The van der Waals surface area contributed by atoms with Crippen LogP contribution >= 0.6 is 34.7 Å². The third-order valence-corrected chi connectivity index (χ3v) is 4.22. The minimum absolute atomic E-state index is 0.124. The number of unbranched alkanes of at least 4 members (excludes halogenated alkanes) is 1. The summed E-state index contributed by atoms with van der Waals surface area (Å²) in [6.45, 7) is 2.61. The molecule has 0 unspecified atom stereocenters. The molecular weight excluding hydrogens is 264 g/mol. The van der Waals surface area contributed by atoms with Crippen LogP contribution in [0.25, 0.3) is 0 Å². The summed E-state index contributed by atoms with van der Waals surface area (Å²) in [5.74, 6) is 1.11. The van der Waals surface area contributed by atoms with Crippen molar-refractivity contribution in [2.75, 3.05) is 12.4 Å². The first-order valence-corrected chi connectivity index (χ1v) is 7.55. The van der Waals surface area contributed by atoms with E-state index in [9.17, 15) is 4.79 Å². The van der Waals surface area contributed by atoms with E-state index in [0.717, 1.165) is 22.9 Å². The molecular formula is C11H15ClO2S2. The second kappa shape index (κ2) is 7.98. The fourth-order valence-electron chi connectivity index (χ4n) is 1.04. The number of halogens is 1. The predicted octanol–water partition coefficient (Wildman–Crippen LogP) is 3.98. The van der Waals surface area contributed by atoms with Crippen LogP contribution in [0.1, 0.15) is 24.6 Å². The van der Waals surface area contributed by atoms with Crippen LogP contribution in [-0.2, 0) is 15.3 Å². The van der Waals surface area contributed by atoms with Gasteiger partial charge in [-0.15, -0.1) is 23.1 Å². The van der Waals surface area contributed by atoms with Crippen LogP contribution in [0, 0.1) is 0 Å². The quantitative estimate of drug-likeness (QED) is 0.557. The molecule has 1 rings (SSSR count). The Kier molecular flexibility index (Phi) is 6.92. The van der Waals surface area contributed by atoms with E-state index < -0.39 is 0 Å². The van der Waals surface area contributed by atoms with E-state index in [1.54, 1.807) is 23.1 Å². The summed E-state index contributed by atoms with van der Waals surface area (Å²) in [4.78, 5) is 12.4. The Hall–Kier alpha value is -0.190. The summed E-state index contributed by atoms with van der Waals surface area (Å²) in [5, 5.41) is 0. The van der Waals surface area contributed by atoms with Crippen molar-refractivity contribution in [1.82, 2.24) is 0 Å². The first-order chi connectivity index (χ1) is 7.72. The molecule has 1 aromatic rings. The molecule has 16 heavy (non-hydrogen) atoms. The van der Waals surface area contributed by atoms with Crippen molar-refractivity contribution in [2.24, 2.45) is 0 Å². The number of carbonyl (C=O) groups is 1. The van der Waals surface area contributed by atoms with Crippen LogP contribution in [0.3, 0.4) is 0 Å². The van der Waals surface area contributed by atoms with Gasteiger partial charge in [0.1, 0.15) is 0 Å². The van der Waals surface area contributed by atoms with Gasteiger partial charge in [-0.05, 0) is 18.6 Å². The zero-order chi connectivity index (χ0) is 11.8. The summed E-state index contributed by atoms with van der Waals surface area (Å²) in [7, 11) is 0. The monoisotopic (exact) mass is 278 g/mol. The highest BCUT2D eigenvalue weighted by atomic mass is 35.5. The van der Waals surface area contributed by atoms with Gasteiger partial charge in [-0.1, -0.05) is 24.9 Å². The van der Waals surface area contributed by atoms with Crippen molar-refractivity contribution in [3.8, 4) is 0 Å². The minimum Gasteiger partial charge on any atom is -0.465 e. The lowest BCUT2D eigenvalue weighted by molar-refractivity contribution is -0.140. The molecule has 0 atom stereocenters. The summed E-state index contributed by atoms with van der Waals surface area (Å²) in [6, 6.07) is 3.87. The molecule has 1 heterocycles. The Labute approximate surface area is 109 Å². The first kappa shape index (κ1) is 13.9. The van der Waals surface area contributed by atoms with E-state index in [4.69, 9.17) is 16.3 Å². The Balaban J connectivity index is 2.08. The molecule has 1 aromatic heterocycles. The molecule has 0 N–H and O–H groups in total. The predicted molar refractivity (Wildman–Crippen MR) is 71.4 cm³/mol. The molecule has 0 saturated heterocycles. The van der Waals surface area contributed by atoms with Crippen LogP contribution in [0.5, 0.6) is 0 Å². The number of esters is 1. The average Bonchev–Trinajstić information content (AvgIpc) is 2.65. The van der Waals surface area contributed by atoms with Crippen LogP contribution < -0.4 is 0 Å². The molecule has 0 radical (unpaired) electrons. The first-order valence-electron chi connectivity index (χ1n) is 5.20. The number of thiophene rings is 1. The Bertz CT molecular complexity index is 326. The summed E-state index contributed by atoms with van der Waals surface area (Å²) >= 11 is 8.92. The molecule has 0 aliphatic rings. The second-order valence-electron chi connectivity index (χ2n) is 3.27. The largest absolute Gasteiger partial charge is 0.465 e. The smallest absolute Gasteiger partial charge is 0.315 e. The topological polar surface area (TPSA) is 26.3 Å². The van der Waals surface area contributed by atoms with E-state index in [1.165, 1.54) is 4.88 Å². The maximum Gasteiger partial charge on any atom is 0.315 e. The van der Waals surface area contributed by atoms with E-state index in [2.05, 4.69) is 6.92 Å². The van der Waals surface area contributed by atoms with Gasteiger partial charge in [-0.3, -0.25) is 4.79 Å². The summed E-state index contributed by atoms with van der Waals surface area (Å²) in [6.07, 6.45) is 1.99. The number of rotatable bonds is 7. The number of thioether (sulfide) groups is 1. The molecule has 0 spiro atoms. The molecule has 2 nitrogen and oxygen atoms in total. The third-order valence-electron chi connectivity index (χ3n) is 1.85. The maximum absolute atomic E-state index is 11.2. The number of carbonyl (C=O) groups excluding carboxylic acids is 1. The zero-order valence-electron chi connectivity index (χ0n) is 9.20. The van der Waals surface area contributed by atoms with Gasteiger partial charge in [0.25, 0.3) is 0 Å². The summed E-state index contributed by atoms with van der Waals surface area (Å²) in [5.41, 5.74) is 0. The molecule has 0 aliphatic carbocycles. The van der Waals surface area contributed by atoms with Crippen LogP contribution in [0.4, 0.5) is 0 Å². The highest BCUT2D eigenvalue weighted by molar-refractivity contribution is 7.99. The molecule has 0 fully saturated rings. The van der Waals surface area contributed by atoms with Crippen molar-refractivity contribution in [1.29, 1.82) is 0 Å². The molecule has 0 amide bonds. The SMILES string of the molecule is CCCCOC(=O)CSCc1ccc(Cl)s1.